The normalized spacial score (nSPS) is 12.6. The molecular formula is C57H98O6. The number of ether oxygens (including phenoxy) is 3. The fraction of sp³-hybridized carbons (Fsp3) is 0.737. The number of rotatable bonds is 47. The van der Waals surface area contributed by atoms with Crippen molar-refractivity contribution in [3.8, 4) is 0 Å². The van der Waals surface area contributed by atoms with Crippen molar-refractivity contribution in [2.45, 2.75) is 258 Å². The smallest absolute Gasteiger partial charge is 0.306 e. The number of esters is 3. The topological polar surface area (TPSA) is 78.9 Å². The lowest BCUT2D eigenvalue weighted by atomic mass is 10.1. The van der Waals surface area contributed by atoms with Gasteiger partial charge in [-0.25, -0.2) is 0 Å². The summed E-state index contributed by atoms with van der Waals surface area (Å²) in [5.41, 5.74) is 0. The molecule has 0 saturated heterocycles. The van der Waals surface area contributed by atoms with Gasteiger partial charge in [-0.05, 0) is 103 Å². The van der Waals surface area contributed by atoms with Crippen molar-refractivity contribution in [2.24, 2.45) is 0 Å². The Kier molecular flexibility index (Phi) is 48.9. The van der Waals surface area contributed by atoms with Gasteiger partial charge in [0.2, 0.25) is 0 Å². The van der Waals surface area contributed by atoms with Crippen LogP contribution in [0.4, 0.5) is 0 Å². The Labute approximate surface area is 389 Å². The predicted octanol–water partition coefficient (Wildman–Crippen LogP) is 17.4. The zero-order valence-electron chi connectivity index (χ0n) is 41.3. The molecule has 1 unspecified atom stereocenters. The first-order chi connectivity index (χ1) is 31.0. The van der Waals surface area contributed by atoms with Crippen LogP contribution in [0.5, 0.6) is 0 Å². The average molecular weight is 879 g/mol. The summed E-state index contributed by atoms with van der Waals surface area (Å²) in [6.45, 7) is 6.45. The van der Waals surface area contributed by atoms with Gasteiger partial charge >= 0.3 is 17.9 Å². The molecule has 0 bridgehead atoms. The second-order valence-corrected chi connectivity index (χ2v) is 17.4. The van der Waals surface area contributed by atoms with E-state index in [0.29, 0.717) is 19.3 Å². The molecule has 0 heterocycles. The minimum Gasteiger partial charge on any atom is -0.462 e. The summed E-state index contributed by atoms with van der Waals surface area (Å²) in [5, 5.41) is 0. The molecule has 0 fully saturated rings. The van der Waals surface area contributed by atoms with Gasteiger partial charge < -0.3 is 14.2 Å². The molecule has 0 rings (SSSR count). The maximum absolute atomic E-state index is 12.8. The molecule has 0 amide bonds. The van der Waals surface area contributed by atoms with Crippen LogP contribution in [-0.4, -0.2) is 37.2 Å². The zero-order valence-corrected chi connectivity index (χ0v) is 41.3. The summed E-state index contributed by atoms with van der Waals surface area (Å²) in [6.07, 6.45) is 64.6. The van der Waals surface area contributed by atoms with Crippen molar-refractivity contribution in [3.05, 3.63) is 72.9 Å². The summed E-state index contributed by atoms with van der Waals surface area (Å²) in [6, 6.07) is 0. The van der Waals surface area contributed by atoms with Crippen LogP contribution in [0.1, 0.15) is 252 Å². The number of carbonyl (C=O) groups is 3. The fourth-order valence-corrected chi connectivity index (χ4v) is 7.17. The predicted molar refractivity (Wildman–Crippen MR) is 270 cm³/mol. The van der Waals surface area contributed by atoms with E-state index in [1.165, 1.54) is 89.9 Å². The molecule has 0 aliphatic rings. The molecule has 0 aromatic rings. The molecule has 0 aromatic carbocycles. The van der Waals surface area contributed by atoms with E-state index >= 15 is 0 Å². The summed E-state index contributed by atoms with van der Waals surface area (Å²) in [5.74, 6) is -0.923. The van der Waals surface area contributed by atoms with Gasteiger partial charge in [0.1, 0.15) is 13.2 Å². The molecule has 0 spiro atoms. The Hall–Kier alpha value is -3.15. The van der Waals surface area contributed by atoms with Gasteiger partial charge in [0.15, 0.2) is 6.10 Å². The molecule has 0 aromatic heterocycles. The first kappa shape index (κ1) is 59.9. The van der Waals surface area contributed by atoms with Crippen molar-refractivity contribution in [1.82, 2.24) is 0 Å². The SMILES string of the molecule is CC/C=C\C/C=C\C/C=C\C/C=C\CCCCCCCCC(=O)OCC(COC(=O)CCCCCC/C=C\CCCC)OC(=O)CCCCCCC/C=C\CCCCCCCCC. The van der Waals surface area contributed by atoms with Crippen LogP contribution in [0, 0.1) is 0 Å². The molecule has 362 valence electrons. The second kappa shape index (κ2) is 51.5. The summed E-state index contributed by atoms with van der Waals surface area (Å²) in [4.78, 5) is 38.0. The minimum absolute atomic E-state index is 0.0895. The van der Waals surface area contributed by atoms with Crippen molar-refractivity contribution in [1.29, 1.82) is 0 Å². The molecule has 0 saturated carbocycles. The highest BCUT2D eigenvalue weighted by molar-refractivity contribution is 5.71. The molecule has 0 radical (unpaired) electrons. The van der Waals surface area contributed by atoms with Gasteiger partial charge in [-0.1, -0.05) is 203 Å². The molecule has 0 N–H and O–H groups in total. The summed E-state index contributed by atoms with van der Waals surface area (Å²) < 4.78 is 16.8. The first-order valence-corrected chi connectivity index (χ1v) is 26.4. The van der Waals surface area contributed by atoms with Crippen LogP contribution in [-0.2, 0) is 28.6 Å². The molecule has 6 nitrogen and oxygen atoms in total. The van der Waals surface area contributed by atoms with Crippen LogP contribution in [0.3, 0.4) is 0 Å². The van der Waals surface area contributed by atoms with E-state index in [0.717, 1.165) is 122 Å². The van der Waals surface area contributed by atoms with E-state index in [4.69, 9.17) is 14.2 Å². The first-order valence-electron chi connectivity index (χ1n) is 26.4. The Morgan fingerprint density at radius 1 is 0.333 bits per heavy atom. The number of hydrogen-bond donors (Lipinski definition) is 0. The Morgan fingerprint density at radius 3 is 1.03 bits per heavy atom. The van der Waals surface area contributed by atoms with E-state index < -0.39 is 6.10 Å². The Balaban J connectivity index is 4.38. The van der Waals surface area contributed by atoms with Crippen LogP contribution in [0.2, 0.25) is 0 Å². The van der Waals surface area contributed by atoms with Crippen LogP contribution < -0.4 is 0 Å². The molecule has 0 aliphatic heterocycles. The molecule has 0 aliphatic carbocycles. The molecule has 6 heteroatoms. The van der Waals surface area contributed by atoms with Crippen LogP contribution >= 0.6 is 0 Å². The lowest BCUT2D eigenvalue weighted by Gasteiger charge is -2.18. The monoisotopic (exact) mass is 879 g/mol. The molecule has 1 atom stereocenters. The second-order valence-electron chi connectivity index (χ2n) is 17.4. The Bertz CT molecular complexity index is 1190. The van der Waals surface area contributed by atoms with Crippen molar-refractivity contribution < 1.29 is 28.6 Å². The summed E-state index contributed by atoms with van der Waals surface area (Å²) in [7, 11) is 0. The minimum atomic E-state index is -0.789. The highest BCUT2D eigenvalue weighted by atomic mass is 16.6. The highest BCUT2D eigenvalue weighted by Gasteiger charge is 2.19. The van der Waals surface area contributed by atoms with Gasteiger partial charge in [-0.15, -0.1) is 0 Å². The van der Waals surface area contributed by atoms with E-state index in [9.17, 15) is 14.4 Å². The third kappa shape index (κ3) is 49.7. The van der Waals surface area contributed by atoms with Crippen LogP contribution in [0.25, 0.3) is 0 Å². The maximum atomic E-state index is 12.8. The lowest BCUT2D eigenvalue weighted by molar-refractivity contribution is -0.167. The largest absolute Gasteiger partial charge is 0.462 e. The third-order valence-electron chi connectivity index (χ3n) is 11.2. The quantitative estimate of drug-likeness (QED) is 0.0262. The van der Waals surface area contributed by atoms with Gasteiger partial charge in [0.25, 0.3) is 0 Å². The molecular weight excluding hydrogens is 781 g/mol. The standard InChI is InChI=1S/C57H98O6/c1-4-7-10-13-16-19-22-24-26-28-29-30-32-33-35-38-41-44-47-50-56(59)62-53-54(52-61-55(58)49-46-43-40-37-21-18-15-12-9-6-3)63-57(60)51-48-45-42-39-36-34-31-27-25-23-20-17-14-11-8-5-2/h7,10,15-16,18-19,24,26-27,29-31,54H,4-6,8-9,11-14,17,20-23,25,28,32-53H2,1-3H3/b10-7-,18-15-,19-16-,26-24-,30-29-,31-27-. The number of hydrogen-bond acceptors (Lipinski definition) is 6. The van der Waals surface area contributed by atoms with Crippen molar-refractivity contribution >= 4 is 17.9 Å². The number of allylic oxidation sites excluding steroid dienone is 12. The van der Waals surface area contributed by atoms with E-state index in [1.807, 2.05) is 0 Å². The maximum Gasteiger partial charge on any atom is 0.306 e. The molecule has 63 heavy (non-hydrogen) atoms. The van der Waals surface area contributed by atoms with E-state index in [1.54, 1.807) is 0 Å². The van der Waals surface area contributed by atoms with Crippen molar-refractivity contribution in [2.75, 3.05) is 13.2 Å². The Morgan fingerprint density at radius 2 is 0.635 bits per heavy atom. The lowest BCUT2D eigenvalue weighted by Crippen LogP contribution is -2.30. The van der Waals surface area contributed by atoms with Gasteiger partial charge in [0.05, 0.1) is 0 Å². The number of carbonyl (C=O) groups excluding carboxylic acids is 3. The van der Waals surface area contributed by atoms with Crippen molar-refractivity contribution in [3.63, 3.8) is 0 Å². The summed E-state index contributed by atoms with van der Waals surface area (Å²) >= 11 is 0. The van der Waals surface area contributed by atoms with Gasteiger partial charge in [0, 0.05) is 19.3 Å². The van der Waals surface area contributed by atoms with E-state index in [2.05, 4.69) is 93.7 Å². The van der Waals surface area contributed by atoms with Crippen LogP contribution in [0.15, 0.2) is 72.9 Å². The van der Waals surface area contributed by atoms with Gasteiger partial charge in [-0.3, -0.25) is 14.4 Å². The average Bonchev–Trinajstić information content (AvgIpc) is 3.28. The number of unbranched alkanes of at least 4 members (excludes halogenated alkanes) is 24. The van der Waals surface area contributed by atoms with E-state index in [-0.39, 0.29) is 31.1 Å². The third-order valence-corrected chi connectivity index (χ3v) is 11.2. The zero-order chi connectivity index (χ0) is 45.8. The highest BCUT2D eigenvalue weighted by Crippen LogP contribution is 2.14. The fourth-order valence-electron chi connectivity index (χ4n) is 7.17. The van der Waals surface area contributed by atoms with Gasteiger partial charge in [-0.2, -0.15) is 0 Å².